The Morgan fingerprint density at radius 3 is 2.55 bits per heavy atom. The number of carbonyl (C=O) groups excluding carboxylic acids is 1. The number of rotatable bonds is 5. The molecule has 7 nitrogen and oxygen atoms in total. The third kappa shape index (κ3) is 2.98. The van der Waals surface area contributed by atoms with Crippen molar-refractivity contribution >= 4 is 5.97 Å². The highest BCUT2D eigenvalue weighted by Gasteiger charge is 2.25. The Morgan fingerprint density at radius 1 is 1.32 bits per heavy atom. The van der Waals surface area contributed by atoms with Gasteiger partial charge in [-0.25, -0.2) is 0 Å². The van der Waals surface area contributed by atoms with Gasteiger partial charge >= 0.3 is 5.97 Å². The van der Waals surface area contributed by atoms with Gasteiger partial charge in [0.2, 0.25) is 0 Å². The number of phenols is 1. The number of carbonyl (C=O) groups is 1. The number of benzene rings is 1. The van der Waals surface area contributed by atoms with Crippen LogP contribution >= 0.6 is 0 Å². The fourth-order valence-electron chi connectivity index (χ4n) is 2.44. The number of esters is 1. The maximum Gasteiger partial charge on any atom is 0.306 e. The van der Waals surface area contributed by atoms with E-state index in [1.54, 1.807) is 19.1 Å². The SMILES string of the molecule is COC(=O)C[C@H](c1ccc(OC)c(O)c1)c1c(C)[nH][nH]c1=O. The summed E-state index contributed by atoms with van der Waals surface area (Å²) >= 11 is 0. The van der Waals surface area contributed by atoms with Crippen molar-refractivity contribution in [1.82, 2.24) is 10.2 Å². The highest BCUT2D eigenvalue weighted by Crippen LogP contribution is 2.34. The maximum absolute atomic E-state index is 12.0. The van der Waals surface area contributed by atoms with E-state index < -0.39 is 11.9 Å². The number of nitrogens with one attached hydrogen (secondary N) is 2. The van der Waals surface area contributed by atoms with Crippen LogP contribution in [0.3, 0.4) is 0 Å². The molecule has 7 heteroatoms. The van der Waals surface area contributed by atoms with Crippen molar-refractivity contribution < 1.29 is 19.4 Å². The predicted molar refractivity (Wildman–Crippen MR) is 79.3 cm³/mol. The van der Waals surface area contributed by atoms with Crippen molar-refractivity contribution in [2.75, 3.05) is 14.2 Å². The molecule has 22 heavy (non-hydrogen) atoms. The lowest BCUT2D eigenvalue weighted by Crippen LogP contribution is -2.17. The van der Waals surface area contributed by atoms with E-state index in [0.29, 0.717) is 22.6 Å². The number of H-pyrrole nitrogens is 2. The molecule has 0 saturated heterocycles. The first-order chi connectivity index (χ1) is 10.5. The zero-order valence-corrected chi connectivity index (χ0v) is 12.6. The number of ether oxygens (including phenoxy) is 2. The second kappa shape index (κ2) is 6.38. The predicted octanol–water partition coefficient (Wildman–Crippen LogP) is 1.42. The van der Waals surface area contributed by atoms with E-state index >= 15 is 0 Å². The van der Waals surface area contributed by atoms with Gasteiger partial charge in [0, 0.05) is 17.2 Å². The summed E-state index contributed by atoms with van der Waals surface area (Å²) in [6.07, 6.45) is -0.00988. The van der Waals surface area contributed by atoms with Gasteiger partial charge in [0.15, 0.2) is 11.5 Å². The molecule has 2 rings (SSSR count). The number of aromatic amines is 2. The molecular formula is C15H18N2O5. The van der Waals surface area contributed by atoms with Crippen molar-refractivity contribution in [3.8, 4) is 11.5 Å². The lowest BCUT2D eigenvalue weighted by molar-refractivity contribution is -0.140. The molecule has 0 unspecified atom stereocenters. The first-order valence-corrected chi connectivity index (χ1v) is 6.68. The fourth-order valence-corrected chi connectivity index (χ4v) is 2.44. The summed E-state index contributed by atoms with van der Waals surface area (Å²) in [5.41, 5.74) is 1.39. The number of phenolic OH excluding ortho intramolecular Hbond substituents is 1. The van der Waals surface area contributed by atoms with Gasteiger partial charge in [-0.1, -0.05) is 6.07 Å². The average Bonchev–Trinajstić information content (AvgIpc) is 2.83. The molecule has 0 aliphatic carbocycles. The Hall–Kier alpha value is -2.70. The van der Waals surface area contributed by atoms with E-state index in [4.69, 9.17) is 9.47 Å². The van der Waals surface area contributed by atoms with Gasteiger partial charge in [0.05, 0.1) is 20.6 Å². The molecular weight excluding hydrogens is 288 g/mol. The van der Waals surface area contributed by atoms with Crippen molar-refractivity contribution in [3.05, 3.63) is 45.4 Å². The van der Waals surface area contributed by atoms with E-state index in [0.717, 1.165) is 0 Å². The highest BCUT2D eigenvalue weighted by molar-refractivity contribution is 5.71. The van der Waals surface area contributed by atoms with Crippen molar-refractivity contribution in [2.24, 2.45) is 0 Å². The monoisotopic (exact) mass is 306 g/mol. The van der Waals surface area contributed by atoms with Crippen LogP contribution in [0.5, 0.6) is 11.5 Å². The normalized spacial score (nSPS) is 12.0. The second-order valence-electron chi connectivity index (χ2n) is 4.88. The van der Waals surface area contributed by atoms with E-state index in [-0.39, 0.29) is 17.7 Å². The molecule has 2 aromatic rings. The molecule has 0 bridgehead atoms. The Kier molecular flexibility index (Phi) is 4.55. The number of methoxy groups -OCH3 is 2. The minimum Gasteiger partial charge on any atom is -0.504 e. The van der Waals surface area contributed by atoms with Crippen LogP contribution in [0.15, 0.2) is 23.0 Å². The molecule has 1 atom stereocenters. The smallest absolute Gasteiger partial charge is 0.306 e. The van der Waals surface area contributed by atoms with Gasteiger partial charge < -0.3 is 19.7 Å². The van der Waals surface area contributed by atoms with Crippen LogP contribution in [0.2, 0.25) is 0 Å². The molecule has 118 valence electrons. The van der Waals surface area contributed by atoms with E-state index in [1.807, 2.05) is 0 Å². The molecule has 1 heterocycles. The number of hydrogen-bond acceptors (Lipinski definition) is 5. The first kappa shape index (κ1) is 15.7. The Labute approximate surface area is 126 Å². The van der Waals surface area contributed by atoms with Crippen molar-refractivity contribution in [2.45, 2.75) is 19.3 Å². The number of aromatic nitrogens is 2. The third-order valence-electron chi connectivity index (χ3n) is 3.56. The summed E-state index contributed by atoms with van der Waals surface area (Å²) < 4.78 is 9.71. The lowest BCUT2D eigenvalue weighted by Gasteiger charge is -2.16. The highest BCUT2D eigenvalue weighted by atomic mass is 16.5. The molecule has 0 aliphatic rings. The van der Waals surface area contributed by atoms with Crippen molar-refractivity contribution in [3.63, 3.8) is 0 Å². The van der Waals surface area contributed by atoms with Gasteiger partial charge in [-0.3, -0.25) is 14.7 Å². The van der Waals surface area contributed by atoms with Crippen LogP contribution in [-0.4, -0.2) is 35.5 Å². The molecule has 0 saturated carbocycles. The van der Waals surface area contributed by atoms with Gasteiger partial charge in [-0.2, -0.15) is 0 Å². The summed E-state index contributed by atoms with van der Waals surface area (Å²) in [6.45, 7) is 1.74. The maximum atomic E-state index is 12.0. The summed E-state index contributed by atoms with van der Waals surface area (Å²) in [5, 5.41) is 15.2. The van der Waals surface area contributed by atoms with Gasteiger partial charge in [-0.15, -0.1) is 0 Å². The summed E-state index contributed by atoms with van der Waals surface area (Å²) in [7, 11) is 2.74. The molecule has 0 fully saturated rings. The third-order valence-corrected chi connectivity index (χ3v) is 3.56. The van der Waals surface area contributed by atoms with Crippen LogP contribution in [0.4, 0.5) is 0 Å². The number of aromatic hydroxyl groups is 1. The zero-order chi connectivity index (χ0) is 16.3. The average molecular weight is 306 g/mol. The Balaban J connectivity index is 2.51. The van der Waals surface area contributed by atoms with E-state index in [9.17, 15) is 14.7 Å². The lowest BCUT2D eigenvalue weighted by atomic mass is 9.88. The van der Waals surface area contributed by atoms with Gasteiger partial charge in [0.1, 0.15) is 0 Å². The quantitative estimate of drug-likeness (QED) is 0.725. The molecule has 3 N–H and O–H groups in total. The largest absolute Gasteiger partial charge is 0.504 e. The van der Waals surface area contributed by atoms with Crippen LogP contribution < -0.4 is 10.3 Å². The molecule has 0 radical (unpaired) electrons. The fraction of sp³-hybridized carbons (Fsp3) is 0.333. The number of hydrogen-bond donors (Lipinski definition) is 3. The summed E-state index contributed by atoms with van der Waals surface area (Å²) in [6, 6.07) is 4.78. The topological polar surface area (TPSA) is 104 Å². The molecule has 1 aromatic carbocycles. The van der Waals surface area contributed by atoms with Gasteiger partial charge in [0.25, 0.3) is 5.56 Å². The Morgan fingerprint density at radius 2 is 2.05 bits per heavy atom. The minimum absolute atomic E-state index is 0.00988. The summed E-state index contributed by atoms with van der Waals surface area (Å²) in [4.78, 5) is 23.7. The number of aryl methyl sites for hydroxylation is 1. The van der Waals surface area contributed by atoms with Crippen LogP contribution in [0.1, 0.15) is 29.2 Å². The molecule has 0 aliphatic heterocycles. The van der Waals surface area contributed by atoms with Crippen LogP contribution in [0.25, 0.3) is 0 Å². The zero-order valence-electron chi connectivity index (χ0n) is 12.6. The molecule has 0 amide bonds. The molecule has 1 aromatic heterocycles. The minimum atomic E-state index is -0.528. The standard InChI is InChI=1S/C15H18N2O5/c1-8-14(15(20)17-16-8)10(7-13(19)22-3)9-4-5-12(21-2)11(18)6-9/h4-6,10,18H,7H2,1-3H3,(H2,16,17,20)/t10-/m1/s1. The molecule has 0 spiro atoms. The van der Waals surface area contributed by atoms with E-state index in [2.05, 4.69) is 10.2 Å². The Bertz CT molecular complexity index is 732. The second-order valence-corrected chi connectivity index (χ2v) is 4.88. The summed E-state index contributed by atoms with van der Waals surface area (Å²) in [5.74, 6) is -0.709. The van der Waals surface area contributed by atoms with Crippen LogP contribution in [-0.2, 0) is 9.53 Å². The van der Waals surface area contributed by atoms with Crippen LogP contribution in [0, 0.1) is 6.92 Å². The van der Waals surface area contributed by atoms with Crippen molar-refractivity contribution in [1.29, 1.82) is 0 Å². The van der Waals surface area contributed by atoms with E-state index in [1.165, 1.54) is 20.3 Å². The van der Waals surface area contributed by atoms with Gasteiger partial charge in [-0.05, 0) is 24.6 Å². The first-order valence-electron chi connectivity index (χ1n) is 6.68.